The maximum atomic E-state index is 6.29. The molecule has 0 saturated heterocycles. The van der Waals surface area contributed by atoms with Gasteiger partial charge in [0, 0.05) is 19.6 Å². The van der Waals surface area contributed by atoms with Gasteiger partial charge in [0.25, 0.3) is 0 Å². The number of benzene rings is 2. The zero-order valence-corrected chi connectivity index (χ0v) is 14.4. The lowest BCUT2D eigenvalue weighted by Crippen LogP contribution is -1.80. The third-order valence-electron chi connectivity index (χ3n) is 2.50. The fourth-order valence-electron chi connectivity index (χ4n) is 1.50. The van der Waals surface area contributed by atoms with Crippen LogP contribution < -0.4 is 0 Å². The molecule has 0 N–H and O–H groups in total. The van der Waals surface area contributed by atoms with Gasteiger partial charge in [0.1, 0.15) is 0 Å². The SMILES string of the molecule is CSc1ccc(Sc2ccc(SC)cc2Cl)c(Cl)c1. The Bertz CT molecular complexity index is 533. The van der Waals surface area contributed by atoms with Gasteiger partial charge < -0.3 is 0 Å². The molecule has 19 heavy (non-hydrogen) atoms. The van der Waals surface area contributed by atoms with E-state index in [1.807, 2.05) is 36.8 Å². The summed E-state index contributed by atoms with van der Waals surface area (Å²) in [6.45, 7) is 0. The van der Waals surface area contributed by atoms with Gasteiger partial charge >= 0.3 is 0 Å². The van der Waals surface area contributed by atoms with Crippen molar-refractivity contribution in [3.05, 3.63) is 46.4 Å². The van der Waals surface area contributed by atoms with Gasteiger partial charge in [-0.1, -0.05) is 35.0 Å². The molecule has 0 aromatic heterocycles. The first-order valence-electron chi connectivity index (χ1n) is 5.49. The predicted octanol–water partition coefficient (Wildman–Crippen LogP) is 6.59. The molecule has 0 amide bonds. The summed E-state index contributed by atoms with van der Waals surface area (Å²) in [7, 11) is 0. The van der Waals surface area contributed by atoms with Crippen molar-refractivity contribution >= 4 is 58.5 Å². The van der Waals surface area contributed by atoms with Crippen molar-refractivity contribution in [2.24, 2.45) is 0 Å². The third-order valence-corrected chi connectivity index (χ3v) is 5.95. The van der Waals surface area contributed by atoms with Gasteiger partial charge in [-0.15, -0.1) is 23.5 Å². The van der Waals surface area contributed by atoms with Crippen LogP contribution in [0.5, 0.6) is 0 Å². The highest BCUT2D eigenvalue weighted by molar-refractivity contribution is 8.00. The minimum atomic E-state index is 0.766. The molecule has 0 heterocycles. The second kappa shape index (κ2) is 7.19. The van der Waals surface area contributed by atoms with E-state index in [0.717, 1.165) is 29.6 Å². The molecule has 2 aromatic carbocycles. The number of hydrogen-bond acceptors (Lipinski definition) is 3. The van der Waals surface area contributed by atoms with Crippen LogP contribution in [0.2, 0.25) is 10.0 Å². The number of hydrogen-bond donors (Lipinski definition) is 0. The summed E-state index contributed by atoms with van der Waals surface area (Å²) in [5.74, 6) is 0. The molecule has 0 unspecified atom stereocenters. The monoisotopic (exact) mass is 346 g/mol. The van der Waals surface area contributed by atoms with Crippen molar-refractivity contribution in [1.29, 1.82) is 0 Å². The zero-order chi connectivity index (χ0) is 13.8. The Balaban J connectivity index is 2.26. The van der Waals surface area contributed by atoms with Gasteiger partial charge in [0.05, 0.1) is 10.0 Å². The molecule has 2 aromatic rings. The summed E-state index contributed by atoms with van der Waals surface area (Å²) >= 11 is 17.5. The molecule has 0 aliphatic heterocycles. The van der Waals surface area contributed by atoms with E-state index in [1.54, 1.807) is 35.3 Å². The van der Waals surface area contributed by atoms with E-state index >= 15 is 0 Å². The van der Waals surface area contributed by atoms with Crippen LogP contribution in [0.1, 0.15) is 0 Å². The van der Waals surface area contributed by atoms with Crippen LogP contribution >= 0.6 is 58.5 Å². The van der Waals surface area contributed by atoms with Crippen molar-refractivity contribution in [3.8, 4) is 0 Å². The summed E-state index contributed by atoms with van der Waals surface area (Å²) in [6.07, 6.45) is 4.08. The quantitative estimate of drug-likeness (QED) is 0.573. The van der Waals surface area contributed by atoms with Crippen LogP contribution in [0.15, 0.2) is 56.0 Å². The Morgan fingerprint density at radius 3 is 1.47 bits per heavy atom. The van der Waals surface area contributed by atoms with E-state index in [4.69, 9.17) is 23.2 Å². The summed E-state index contributed by atoms with van der Waals surface area (Å²) in [6, 6.07) is 12.2. The number of rotatable bonds is 4. The molecule has 0 bridgehead atoms. The minimum Gasteiger partial charge on any atom is -0.130 e. The van der Waals surface area contributed by atoms with E-state index in [0.29, 0.717) is 0 Å². The van der Waals surface area contributed by atoms with E-state index < -0.39 is 0 Å². The molecule has 0 aliphatic rings. The largest absolute Gasteiger partial charge is 0.130 e. The van der Waals surface area contributed by atoms with E-state index in [1.165, 1.54) is 0 Å². The van der Waals surface area contributed by atoms with Crippen molar-refractivity contribution in [1.82, 2.24) is 0 Å². The maximum Gasteiger partial charge on any atom is 0.0556 e. The average Bonchev–Trinajstić information content (AvgIpc) is 2.42. The van der Waals surface area contributed by atoms with Crippen molar-refractivity contribution in [3.63, 3.8) is 0 Å². The fraction of sp³-hybridized carbons (Fsp3) is 0.143. The molecule has 0 aliphatic carbocycles. The lowest BCUT2D eigenvalue weighted by Gasteiger charge is -2.08. The summed E-state index contributed by atoms with van der Waals surface area (Å²) in [5.41, 5.74) is 0. The Hall–Kier alpha value is 0.0700. The highest BCUT2D eigenvalue weighted by Gasteiger charge is 2.07. The predicted molar refractivity (Wildman–Crippen MR) is 90.6 cm³/mol. The molecule has 5 heteroatoms. The summed E-state index contributed by atoms with van der Waals surface area (Å²) < 4.78 is 0. The zero-order valence-electron chi connectivity index (χ0n) is 10.4. The van der Waals surface area contributed by atoms with Crippen LogP contribution in [0.25, 0.3) is 0 Å². The normalized spacial score (nSPS) is 10.7. The summed E-state index contributed by atoms with van der Waals surface area (Å²) in [4.78, 5) is 4.38. The molecular weight excluding hydrogens is 335 g/mol. The second-order valence-corrected chi connectivity index (χ2v) is 7.35. The van der Waals surface area contributed by atoms with Gasteiger partial charge in [0.15, 0.2) is 0 Å². The standard InChI is InChI=1S/C14H12Cl2S3/c1-17-9-3-5-13(11(15)7-9)19-14-6-4-10(18-2)8-12(14)16/h3-8H,1-2H3. The first kappa shape index (κ1) is 15.5. The lowest BCUT2D eigenvalue weighted by atomic mass is 10.3. The molecule has 0 saturated carbocycles. The highest BCUT2D eigenvalue weighted by Crippen LogP contribution is 2.39. The Morgan fingerprint density at radius 2 is 1.16 bits per heavy atom. The Kier molecular flexibility index (Phi) is 5.85. The van der Waals surface area contributed by atoms with Gasteiger partial charge in [0.2, 0.25) is 0 Å². The molecule has 0 radical (unpaired) electrons. The molecule has 0 spiro atoms. The van der Waals surface area contributed by atoms with Crippen molar-refractivity contribution in [2.45, 2.75) is 19.6 Å². The molecule has 100 valence electrons. The second-order valence-electron chi connectivity index (χ2n) is 3.69. The van der Waals surface area contributed by atoms with E-state index in [2.05, 4.69) is 12.1 Å². The van der Waals surface area contributed by atoms with Crippen LogP contribution in [-0.2, 0) is 0 Å². The first-order valence-corrected chi connectivity index (χ1v) is 9.51. The smallest absolute Gasteiger partial charge is 0.0556 e. The van der Waals surface area contributed by atoms with Crippen molar-refractivity contribution < 1.29 is 0 Å². The molecule has 0 atom stereocenters. The van der Waals surface area contributed by atoms with Gasteiger partial charge in [-0.3, -0.25) is 0 Å². The topological polar surface area (TPSA) is 0 Å². The Morgan fingerprint density at radius 1 is 0.737 bits per heavy atom. The van der Waals surface area contributed by atoms with Crippen LogP contribution in [0.4, 0.5) is 0 Å². The van der Waals surface area contributed by atoms with Crippen molar-refractivity contribution in [2.75, 3.05) is 12.5 Å². The first-order chi connectivity index (χ1) is 9.13. The summed E-state index contributed by atoms with van der Waals surface area (Å²) in [5, 5.41) is 1.53. The third kappa shape index (κ3) is 4.02. The fourth-order valence-corrected chi connectivity index (χ4v) is 3.92. The van der Waals surface area contributed by atoms with E-state index in [9.17, 15) is 0 Å². The van der Waals surface area contributed by atoms with Crippen LogP contribution in [-0.4, -0.2) is 12.5 Å². The molecular formula is C14H12Cl2S3. The van der Waals surface area contributed by atoms with Gasteiger partial charge in [-0.25, -0.2) is 0 Å². The lowest BCUT2D eigenvalue weighted by molar-refractivity contribution is 1.32. The maximum absolute atomic E-state index is 6.29. The van der Waals surface area contributed by atoms with E-state index in [-0.39, 0.29) is 0 Å². The average molecular weight is 347 g/mol. The number of halogens is 2. The molecule has 2 rings (SSSR count). The highest BCUT2D eigenvalue weighted by atomic mass is 35.5. The number of thioether (sulfide) groups is 2. The minimum absolute atomic E-state index is 0.766. The molecule has 0 fully saturated rings. The van der Waals surface area contributed by atoms with Crippen LogP contribution in [0.3, 0.4) is 0 Å². The molecule has 0 nitrogen and oxygen atoms in total. The Labute approximate surface area is 136 Å². The van der Waals surface area contributed by atoms with Gasteiger partial charge in [-0.2, -0.15) is 0 Å². The van der Waals surface area contributed by atoms with Gasteiger partial charge in [-0.05, 0) is 48.9 Å². The van der Waals surface area contributed by atoms with Crippen LogP contribution in [0, 0.1) is 0 Å².